The fraction of sp³-hybridized carbons (Fsp3) is 0.500. The number of hydrogen-bond acceptors (Lipinski definition) is 2. The van der Waals surface area contributed by atoms with Gasteiger partial charge in [0.2, 0.25) is 0 Å². The summed E-state index contributed by atoms with van der Waals surface area (Å²) in [5.41, 5.74) is 0.705. The van der Waals surface area contributed by atoms with Crippen LogP contribution in [0.2, 0.25) is 5.15 Å². The molecule has 1 aliphatic heterocycles. The Bertz CT molecular complexity index is 364. The quantitative estimate of drug-likeness (QED) is 0.457. The van der Waals surface area contributed by atoms with Gasteiger partial charge in [0, 0.05) is 6.07 Å². The zero-order valence-electron chi connectivity index (χ0n) is 8.42. The Morgan fingerprint density at radius 3 is 2.60 bits per heavy atom. The number of nitrogens with zero attached hydrogens (tertiary/aromatic N) is 2. The zero-order chi connectivity index (χ0) is 10.9. The lowest BCUT2D eigenvalue weighted by atomic mass is 10.1. The first kappa shape index (κ1) is 10.8. The molecule has 0 spiro atoms. The molecule has 0 aromatic carbocycles. The van der Waals surface area contributed by atoms with Crippen LogP contribution in [0.15, 0.2) is 12.3 Å². The molecule has 0 unspecified atom stereocenters. The average Bonchev–Trinajstić information content (AvgIpc) is 2.23. The first-order valence-electron chi connectivity index (χ1n) is 5.09. The Morgan fingerprint density at radius 2 is 2.00 bits per heavy atom. The summed E-state index contributed by atoms with van der Waals surface area (Å²) in [6, 6.07) is 1.39. The second-order valence-electron chi connectivity index (χ2n) is 4.01. The van der Waals surface area contributed by atoms with E-state index in [1.807, 2.05) is 0 Å². The molecule has 1 aromatic rings. The summed E-state index contributed by atoms with van der Waals surface area (Å²) in [7, 11) is 0. The first-order valence-corrected chi connectivity index (χ1v) is 5.47. The van der Waals surface area contributed by atoms with E-state index in [4.69, 9.17) is 17.4 Å². The van der Waals surface area contributed by atoms with Crippen LogP contribution in [0.1, 0.15) is 19.3 Å². The van der Waals surface area contributed by atoms with Crippen molar-refractivity contribution in [3.63, 3.8) is 0 Å². The largest absolute Gasteiger partial charge is 0.235 e. The minimum Gasteiger partial charge on any atom is -0.235 e. The molecule has 2 heterocycles. The minimum atomic E-state index is -0.498. The summed E-state index contributed by atoms with van der Waals surface area (Å²) in [5, 5.41) is -0.0950. The number of rotatable bonds is 1. The van der Waals surface area contributed by atoms with Crippen LogP contribution in [0.4, 0.5) is 10.1 Å². The number of aromatic nitrogens is 1. The third-order valence-electron chi connectivity index (χ3n) is 2.91. The maximum atomic E-state index is 13.2. The molecule has 2 N–H and O–H groups in total. The summed E-state index contributed by atoms with van der Waals surface area (Å²) < 4.78 is 13.5. The molecule has 5 heteroatoms. The lowest BCUT2D eigenvalue weighted by molar-refractivity contribution is 0.233. The van der Waals surface area contributed by atoms with Crippen molar-refractivity contribution in [2.75, 3.05) is 13.1 Å². The van der Waals surface area contributed by atoms with Crippen molar-refractivity contribution < 1.29 is 4.39 Å². The van der Waals surface area contributed by atoms with Gasteiger partial charge in [0.15, 0.2) is 16.7 Å². The highest BCUT2D eigenvalue weighted by molar-refractivity contribution is 6.29. The number of pyridine rings is 1. The Kier molecular flexibility index (Phi) is 2.91. The number of nitrogens with two attached hydrogens (primary N) is 1. The van der Waals surface area contributed by atoms with Crippen LogP contribution in [0.25, 0.3) is 0 Å². The molecule has 0 bridgehead atoms. The first-order chi connectivity index (χ1) is 7.12. The van der Waals surface area contributed by atoms with Crippen molar-refractivity contribution in [3.05, 3.63) is 23.2 Å². The molecule has 0 atom stereocenters. The van der Waals surface area contributed by atoms with Gasteiger partial charge in [0.05, 0.1) is 6.20 Å². The van der Waals surface area contributed by atoms with E-state index >= 15 is 0 Å². The molecule has 82 valence electrons. The van der Waals surface area contributed by atoms with Crippen molar-refractivity contribution >= 4 is 17.3 Å². The van der Waals surface area contributed by atoms with Gasteiger partial charge in [0.1, 0.15) is 13.1 Å². The van der Waals surface area contributed by atoms with Gasteiger partial charge in [-0.25, -0.2) is 14.0 Å². The highest BCUT2D eigenvalue weighted by Crippen LogP contribution is 2.26. The van der Waals surface area contributed by atoms with Crippen LogP contribution < -0.4 is 10.4 Å². The fourth-order valence-electron chi connectivity index (χ4n) is 1.99. The molecular formula is C10H14ClFN3+. The van der Waals surface area contributed by atoms with E-state index in [9.17, 15) is 4.39 Å². The Hall–Kier alpha value is -0.710. The normalized spacial score (nSPS) is 20.2. The Balaban J connectivity index is 2.31. The minimum absolute atomic E-state index is 0.0950. The van der Waals surface area contributed by atoms with E-state index < -0.39 is 5.82 Å². The lowest BCUT2D eigenvalue weighted by Gasteiger charge is -2.35. The monoisotopic (exact) mass is 230 g/mol. The molecule has 2 rings (SSSR count). The molecule has 0 aliphatic carbocycles. The summed E-state index contributed by atoms with van der Waals surface area (Å²) in [6.07, 6.45) is 4.90. The van der Waals surface area contributed by atoms with Gasteiger partial charge in [-0.3, -0.25) is 0 Å². The predicted molar refractivity (Wildman–Crippen MR) is 58.8 cm³/mol. The number of hydrogen-bond donors (Lipinski definition) is 1. The molecule has 1 fully saturated rings. The summed E-state index contributed by atoms with van der Waals surface area (Å²) in [6.45, 7) is 1.67. The smallest absolute Gasteiger partial charge is 0.173 e. The van der Waals surface area contributed by atoms with Crippen LogP contribution in [0, 0.1) is 5.82 Å². The summed E-state index contributed by atoms with van der Waals surface area (Å²) >= 11 is 5.53. The highest BCUT2D eigenvalue weighted by Gasteiger charge is 2.30. The van der Waals surface area contributed by atoms with Crippen molar-refractivity contribution in [1.82, 2.24) is 9.58 Å². The van der Waals surface area contributed by atoms with Crippen LogP contribution >= 0.6 is 11.6 Å². The third-order valence-corrected chi connectivity index (χ3v) is 3.19. The molecule has 1 aliphatic rings. The van der Waals surface area contributed by atoms with E-state index in [1.54, 1.807) is 6.20 Å². The molecule has 15 heavy (non-hydrogen) atoms. The van der Waals surface area contributed by atoms with Crippen molar-refractivity contribution in [2.24, 2.45) is 5.84 Å². The molecule has 3 nitrogen and oxygen atoms in total. The van der Waals surface area contributed by atoms with Gasteiger partial charge in [-0.05, 0) is 19.3 Å². The van der Waals surface area contributed by atoms with Gasteiger partial charge >= 0.3 is 0 Å². The van der Waals surface area contributed by atoms with Gasteiger partial charge in [-0.2, -0.15) is 5.84 Å². The van der Waals surface area contributed by atoms with Crippen LogP contribution in [0.5, 0.6) is 0 Å². The predicted octanol–water partition coefficient (Wildman–Crippen LogP) is 2.24. The van der Waals surface area contributed by atoms with Crippen LogP contribution in [-0.2, 0) is 0 Å². The Morgan fingerprint density at radius 1 is 1.33 bits per heavy atom. The SMILES string of the molecule is N[N+]1(c2cnc(Cl)c(F)c2)CCCCC1. The maximum absolute atomic E-state index is 13.2. The molecular weight excluding hydrogens is 217 g/mol. The number of quaternary nitrogens is 1. The van der Waals surface area contributed by atoms with E-state index in [2.05, 4.69) is 4.98 Å². The topological polar surface area (TPSA) is 38.9 Å². The van der Waals surface area contributed by atoms with Gasteiger partial charge in [-0.15, -0.1) is 0 Å². The molecule has 1 aromatic heterocycles. The van der Waals surface area contributed by atoms with E-state index in [0.29, 0.717) is 5.69 Å². The van der Waals surface area contributed by atoms with Crippen molar-refractivity contribution in [1.29, 1.82) is 0 Å². The molecule has 1 saturated heterocycles. The van der Waals surface area contributed by atoms with Crippen LogP contribution in [-0.4, -0.2) is 18.1 Å². The van der Waals surface area contributed by atoms with Crippen molar-refractivity contribution in [3.8, 4) is 0 Å². The number of piperidine rings is 1. The summed E-state index contributed by atoms with van der Waals surface area (Å²) in [5.74, 6) is 5.69. The van der Waals surface area contributed by atoms with E-state index in [-0.39, 0.29) is 9.75 Å². The number of halogens is 2. The van der Waals surface area contributed by atoms with E-state index in [0.717, 1.165) is 25.9 Å². The molecule has 0 amide bonds. The van der Waals surface area contributed by atoms with Crippen LogP contribution in [0.3, 0.4) is 0 Å². The van der Waals surface area contributed by atoms with Gasteiger partial charge in [-0.1, -0.05) is 11.6 Å². The summed E-state index contributed by atoms with van der Waals surface area (Å²) in [4.78, 5) is 3.79. The zero-order valence-corrected chi connectivity index (χ0v) is 9.17. The highest BCUT2D eigenvalue weighted by atomic mass is 35.5. The average molecular weight is 231 g/mol. The molecule has 0 radical (unpaired) electrons. The Labute approximate surface area is 93.2 Å². The molecule has 0 saturated carbocycles. The second kappa shape index (κ2) is 4.04. The third kappa shape index (κ3) is 2.12. The standard InChI is InChI=1S/C10H14ClFN3/c11-10-9(12)6-8(7-14-10)15(13)4-2-1-3-5-15/h6-7H,1-5,13H2/q+1. The van der Waals surface area contributed by atoms with Gasteiger partial charge in [0.25, 0.3) is 0 Å². The van der Waals surface area contributed by atoms with Gasteiger partial charge < -0.3 is 0 Å². The fourth-order valence-corrected chi connectivity index (χ4v) is 2.09. The van der Waals surface area contributed by atoms with E-state index in [1.165, 1.54) is 12.5 Å². The lowest BCUT2D eigenvalue weighted by Crippen LogP contribution is -2.58. The second-order valence-corrected chi connectivity index (χ2v) is 4.37. The maximum Gasteiger partial charge on any atom is 0.173 e. The van der Waals surface area contributed by atoms with Crippen molar-refractivity contribution in [2.45, 2.75) is 19.3 Å².